The third-order valence-corrected chi connectivity index (χ3v) is 7.61. The number of hydrogen-bond donors (Lipinski definition) is 2. The topological polar surface area (TPSA) is 104 Å². The molecule has 1 aromatic heterocycles. The van der Waals surface area contributed by atoms with E-state index in [0.29, 0.717) is 43.3 Å². The number of nitrogens with zero attached hydrogens (tertiary/aromatic N) is 2. The van der Waals surface area contributed by atoms with Crippen LogP contribution in [0, 0.1) is 12.8 Å². The van der Waals surface area contributed by atoms with Crippen LogP contribution >= 0.6 is 0 Å². The van der Waals surface area contributed by atoms with Crippen molar-refractivity contribution in [1.29, 1.82) is 0 Å². The van der Waals surface area contributed by atoms with Gasteiger partial charge in [0, 0.05) is 18.7 Å². The number of benzene rings is 2. The van der Waals surface area contributed by atoms with Gasteiger partial charge in [-0.15, -0.1) is 0 Å². The van der Waals surface area contributed by atoms with E-state index < -0.39 is 10.0 Å². The highest BCUT2D eigenvalue weighted by Gasteiger charge is 2.28. The lowest BCUT2D eigenvalue weighted by atomic mass is 10.0. The van der Waals surface area contributed by atoms with Crippen LogP contribution in [0.15, 0.2) is 47.4 Å². The summed E-state index contributed by atoms with van der Waals surface area (Å²) >= 11 is 0. The van der Waals surface area contributed by atoms with Gasteiger partial charge >= 0.3 is 0 Å². The van der Waals surface area contributed by atoms with Crippen LogP contribution in [0.4, 0.5) is 0 Å². The van der Waals surface area contributed by atoms with Gasteiger partial charge < -0.3 is 15.0 Å². The minimum absolute atomic E-state index is 0.0695. The summed E-state index contributed by atoms with van der Waals surface area (Å²) in [7, 11) is -3.69. The lowest BCUT2D eigenvalue weighted by Crippen LogP contribution is -2.40. The maximum atomic E-state index is 13.2. The first-order valence-corrected chi connectivity index (χ1v) is 12.2. The zero-order valence-electron chi connectivity index (χ0n) is 18.5. The Morgan fingerprint density at radius 2 is 1.88 bits per heavy atom. The molecule has 1 aliphatic rings. The summed E-state index contributed by atoms with van der Waals surface area (Å²) in [4.78, 5) is 21.3. The number of para-hydroxylation sites is 2. The second-order valence-electron chi connectivity index (χ2n) is 8.33. The number of H-pyrrole nitrogens is 1. The molecule has 2 N–H and O–H groups in total. The van der Waals surface area contributed by atoms with Crippen molar-refractivity contribution in [2.45, 2.75) is 31.7 Å². The number of nitrogens with one attached hydrogen (secondary N) is 2. The molecule has 1 atom stereocenters. The highest BCUT2D eigenvalue weighted by Crippen LogP contribution is 2.25. The maximum Gasteiger partial charge on any atom is 0.252 e. The van der Waals surface area contributed by atoms with Gasteiger partial charge in [-0.2, -0.15) is 4.31 Å². The highest BCUT2D eigenvalue weighted by molar-refractivity contribution is 7.89. The van der Waals surface area contributed by atoms with Crippen molar-refractivity contribution in [2.75, 3.05) is 26.3 Å². The first-order chi connectivity index (χ1) is 15.3. The first-order valence-electron chi connectivity index (χ1n) is 10.7. The summed E-state index contributed by atoms with van der Waals surface area (Å²) in [6, 6.07) is 12.0. The Labute approximate surface area is 188 Å². The molecule has 1 amide bonds. The molecule has 9 heteroatoms. The van der Waals surface area contributed by atoms with Crippen LogP contribution in [-0.4, -0.2) is 54.9 Å². The molecule has 1 saturated heterocycles. The molecular formula is C23H28N4O4S. The number of imidazole rings is 1. The number of ether oxygens (including phenoxy) is 1. The Balaban J connectivity index is 1.62. The molecule has 4 rings (SSSR count). The second kappa shape index (κ2) is 9.01. The molecule has 2 aromatic carbocycles. The molecule has 3 aromatic rings. The number of hydrogen-bond acceptors (Lipinski definition) is 5. The molecular weight excluding hydrogens is 428 g/mol. The molecule has 0 saturated carbocycles. The molecule has 0 bridgehead atoms. The average molecular weight is 457 g/mol. The zero-order valence-corrected chi connectivity index (χ0v) is 19.3. The Kier molecular flexibility index (Phi) is 6.32. The minimum Gasteiger partial charge on any atom is -0.379 e. The smallest absolute Gasteiger partial charge is 0.252 e. The van der Waals surface area contributed by atoms with Crippen LogP contribution in [0.3, 0.4) is 0 Å². The SMILES string of the molecule is Cc1ccc(S(=O)(=O)N2CCOCC2)cc1C(=O)N[C@H](c1nc2ccccc2[nH]1)C(C)C. The van der Waals surface area contributed by atoms with Crippen LogP contribution in [-0.2, 0) is 14.8 Å². The van der Waals surface area contributed by atoms with Crippen molar-refractivity contribution in [3.8, 4) is 0 Å². The van der Waals surface area contributed by atoms with Crippen LogP contribution in [0.2, 0.25) is 0 Å². The van der Waals surface area contributed by atoms with Gasteiger partial charge in [-0.05, 0) is 42.7 Å². The summed E-state index contributed by atoms with van der Waals surface area (Å²) in [6.07, 6.45) is 0. The van der Waals surface area contributed by atoms with Crippen molar-refractivity contribution in [3.63, 3.8) is 0 Å². The lowest BCUT2D eigenvalue weighted by Gasteiger charge is -2.26. The Bertz CT molecular complexity index is 1200. The van der Waals surface area contributed by atoms with Crippen LogP contribution in [0.25, 0.3) is 11.0 Å². The fourth-order valence-electron chi connectivity index (χ4n) is 3.83. The molecule has 0 spiro atoms. The number of aromatic nitrogens is 2. The lowest BCUT2D eigenvalue weighted by molar-refractivity contribution is 0.0730. The van der Waals surface area contributed by atoms with Gasteiger partial charge in [0.2, 0.25) is 10.0 Å². The molecule has 170 valence electrons. The molecule has 8 nitrogen and oxygen atoms in total. The van der Waals surface area contributed by atoms with Gasteiger partial charge in [-0.25, -0.2) is 13.4 Å². The van der Waals surface area contributed by atoms with Crippen LogP contribution in [0.1, 0.15) is 41.6 Å². The van der Waals surface area contributed by atoms with E-state index in [4.69, 9.17) is 4.74 Å². The summed E-state index contributed by atoms with van der Waals surface area (Å²) in [5.41, 5.74) is 2.77. The van der Waals surface area contributed by atoms with Gasteiger partial charge in [0.25, 0.3) is 5.91 Å². The van der Waals surface area contributed by atoms with Crippen molar-refractivity contribution in [1.82, 2.24) is 19.6 Å². The highest BCUT2D eigenvalue weighted by atomic mass is 32.2. The number of aromatic amines is 1. The summed E-state index contributed by atoms with van der Waals surface area (Å²) in [5.74, 6) is 0.407. The fourth-order valence-corrected chi connectivity index (χ4v) is 5.27. The van der Waals surface area contributed by atoms with E-state index >= 15 is 0 Å². The van der Waals surface area contributed by atoms with E-state index in [1.54, 1.807) is 19.1 Å². The Morgan fingerprint density at radius 1 is 1.16 bits per heavy atom. The molecule has 0 aliphatic carbocycles. The predicted octanol–water partition coefficient (Wildman–Crippen LogP) is 3.02. The molecule has 0 radical (unpaired) electrons. The van der Waals surface area contributed by atoms with E-state index in [2.05, 4.69) is 15.3 Å². The Morgan fingerprint density at radius 3 is 2.56 bits per heavy atom. The van der Waals surface area contributed by atoms with Gasteiger partial charge in [0.05, 0.1) is 35.2 Å². The predicted molar refractivity (Wildman–Crippen MR) is 122 cm³/mol. The minimum atomic E-state index is -3.69. The van der Waals surface area contributed by atoms with Gasteiger partial charge in [0.15, 0.2) is 0 Å². The summed E-state index contributed by atoms with van der Waals surface area (Å²) in [5, 5.41) is 3.05. The van der Waals surface area contributed by atoms with Crippen molar-refractivity contribution >= 4 is 27.0 Å². The van der Waals surface area contributed by atoms with Crippen LogP contribution in [0.5, 0.6) is 0 Å². The first kappa shape index (κ1) is 22.4. The number of amides is 1. The summed E-state index contributed by atoms with van der Waals surface area (Å²) < 4.78 is 32.8. The third-order valence-electron chi connectivity index (χ3n) is 5.72. The van der Waals surface area contributed by atoms with Crippen molar-refractivity contribution < 1.29 is 17.9 Å². The van der Waals surface area contributed by atoms with Gasteiger partial charge in [-0.1, -0.05) is 32.0 Å². The normalized spacial score (nSPS) is 16.4. The fraction of sp³-hybridized carbons (Fsp3) is 0.391. The number of fused-ring (bicyclic) bond motifs is 1. The molecule has 32 heavy (non-hydrogen) atoms. The van der Waals surface area contributed by atoms with E-state index in [1.807, 2.05) is 38.1 Å². The number of sulfonamides is 1. The Hall–Kier alpha value is -2.75. The maximum absolute atomic E-state index is 13.2. The largest absolute Gasteiger partial charge is 0.379 e. The van der Waals surface area contributed by atoms with Crippen LogP contribution < -0.4 is 5.32 Å². The molecule has 1 fully saturated rings. The van der Waals surface area contributed by atoms with E-state index in [-0.39, 0.29) is 22.8 Å². The monoisotopic (exact) mass is 456 g/mol. The molecule has 1 aliphatic heterocycles. The number of rotatable bonds is 6. The third kappa shape index (κ3) is 4.41. The van der Waals surface area contributed by atoms with Crippen molar-refractivity contribution in [3.05, 3.63) is 59.4 Å². The molecule has 2 heterocycles. The average Bonchev–Trinajstić information content (AvgIpc) is 3.21. The van der Waals surface area contributed by atoms with E-state index in [1.165, 1.54) is 10.4 Å². The number of morpholine rings is 1. The number of carbonyl (C=O) groups excluding carboxylic acids is 1. The second-order valence-corrected chi connectivity index (χ2v) is 10.3. The number of aryl methyl sites for hydroxylation is 1. The van der Waals surface area contributed by atoms with E-state index in [0.717, 1.165) is 11.0 Å². The van der Waals surface area contributed by atoms with Crippen molar-refractivity contribution in [2.24, 2.45) is 5.92 Å². The number of carbonyl (C=O) groups is 1. The standard InChI is InChI=1S/C23H28N4O4S/c1-15(2)21(22-24-19-6-4-5-7-20(19)25-22)26-23(28)18-14-17(9-8-16(18)3)32(29,30)27-10-12-31-13-11-27/h4-9,14-15,21H,10-13H2,1-3H3,(H,24,25)(H,26,28)/t21-/m0/s1. The molecule has 0 unspecified atom stereocenters. The van der Waals surface area contributed by atoms with Gasteiger partial charge in [0.1, 0.15) is 5.82 Å². The van der Waals surface area contributed by atoms with E-state index in [9.17, 15) is 13.2 Å². The van der Waals surface area contributed by atoms with Gasteiger partial charge in [-0.3, -0.25) is 4.79 Å². The zero-order chi connectivity index (χ0) is 22.9. The summed E-state index contributed by atoms with van der Waals surface area (Å²) in [6.45, 7) is 7.15. The quantitative estimate of drug-likeness (QED) is 0.593.